The van der Waals surface area contributed by atoms with Crippen LogP contribution in [0.1, 0.15) is 25.0 Å². The first kappa shape index (κ1) is 13.5. The van der Waals surface area contributed by atoms with Crippen LogP contribution in [0.15, 0.2) is 24.3 Å². The molecule has 0 heterocycles. The van der Waals surface area contributed by atoms with Crippen molar-refractivity contribution in [2.75, 3.05) is 13.7 Å². The van der Waals surface area contributed by atoms with E-state index in [2.05, 4.69) is 12.1 Å². The summed E-state index contributed by atoms with van der Waals surface area (Å²) in [6.45, 7) is 4.21. The number of hydrogen-bond acceptors (Lipinski definition) is 3. The molecule has 2 rings (SSSR count). The molecule has 0 spiro atoms. The van der Waals surface area contributed by atoms with Crippen molar-refractivity contribution < 1.29 is 9.84 Å². The van der Waals surface area contributed by atoms with Gasteiger partial charge in [-0.05, 0) is 37.8 Å². The second-order valence-electron chi connectivity index (χ2n) is 5.63. The molecular weight excluding hydrogens is 226 g/mol. The highest BCUT2D eigenvalue weighted by molar-refractivity contribution is 5.36. The lowest BCUT2D eigenvalue weighted by Gasteiger charge is -2.45. The maximum atomic E-state index is 10.9. The summed E-state index contributed by atoms with van der Waals surface area (Å²) in [5.41, 5.74) is 7.34. The molecule has 1 aliphatic carbocycles. The zero-order chi connectivity index (χ0) is 13.4. The van der Waals surface area contributed by atoms with Crippen molar-refractivity contribution in [1.82, 2.24) is 0 Å². The van der Waals surface area contributed by atoms with E-state index in [0.717, 1.165) is 12.8 Å². The molecule has 18 heavy (non-hydrogen) atoms. The lowest BCUT2D eigenvalue weighted by atomic mass is 9.68. The quantitative estimate of drug-likeness (QED) is 0.850. The number of fused-ring (bicyclic) bond motifs is 1. The van der Waals surface area contributed by atoms with Crippen LogP contribution in [0.5, 0.6) is 0 Å². The van der Waals surface area contributed by atoms with Crippen molar-refractivity contribution in [3.8, 4) is 0 Å². The minimum absolute atomic E-state index is 0.240. The summed E-state index contributed by atoms with van der Waals surface area (Å²) in [6, 6.07) is 8.33. The molecule has 2 unspecified atom stereocenters. The fraction of sp³-hybridized carbons (Fsp3) is 0.600. The van der Waals surface area contributed by atoms with Gasteiger partial charge in [-0.15, -0.1) is 0 Å². The molecule has 0 saturated heterocycles. The molecule has 0 radical (unpaired) electrons. The highest BCUT2D eigenvalue weighted by Gasteiger charge is 2.52. The zero-order valence-corrected chi connectivity index (χ0v) is 11.4. The molecule has 0 amide bonds. The van der Waals surface area contributed by atoms with Gasteiger partial charge >= 0.3 is 0 Å². The predicted molar refractivity (Wildman–Crippen MR) is 72.4 cm³/mol. The molecule has 0 bridgehead atoms. The monoisotopic (exact) mass is 249 g/mol. The Labute approximate surface area is 109 Å². The van der Waals surface area contributed by atoms with Gasteiger partial charge in [-0.1, -0.05) is 24.3 Å². The van der Waals surface area contributed by atoms with E-state index in [1.807, 2.05) is 26.0 Å². The van der Waals surface area contributed by atoms with Crippen molar-refractivity contribution in [3.63, 3.8) is 0 Å². The summed E-state index contributed by atoms with van der Waals surface area (Å²) >= 11 is 0. The minimum Gasteiger partial charge on any atom is -0.387 e. The van der Waals surface area contributed by atoms with Gasteiger partial charge in [-0.3, -0.25) is 0 Å². The predicted octanol–water partition coefficient (Wildman–Crippen LogP) is 1.52. The van der Waals surface area contributed by atoms with Crippen molar-refractivity contribution >= 4 is 0 Å². The molecule has 3 N–H and O–H groups in total. The molecule has 1 aromatic rings. The molecule has 0 saturated carbocycles. The Bertz CT molecular complexity index is 403. The summed E-state index contributed by atoms with van der Waals surface area (Å²) in [4.78, 5) is 0. The van der Waals surface area contributed by atoms with Crippen LogP contribution in [0.4, 0.5) is 0 Å². The Balaban J connectivity index is 2.36. The topological polar surface area (TPSA) is 55.5 Å². The molecule has 0 fully saturated rings. The van der Waals surface area contributed by atoms with Gasteiger partial charge in [0.15, 0.2) is 0 Å². The molecule has 3 nitrogen and oxygen atoms in total. The van der Waals surface area contributed by atoms with Crippen LogP contribution >= 0.6 is 0 Å². The summed E-state index contributed by atoms with van der Waals surface area (Å²) in [5, 5.41) is 10.9. The van der Waals surface area contributed by atoms with Crippen LogP contribution in [-0.2, 0) is 17.6 Å². The van der Waals surface area contributed by atoms with Gasteiger partial charge in [-0.2, -0.15) is 0 Å². The van der Waals surface area contributed by atoms with Gasteiger partial charge < -0.3 is 15.6 Å². The Hall–Kier alpha value is -0.900. The second-order valence-corrected chi connectivity index (χ2v) is 5.63. The van der Waals surface area contributed by atoms with Gasteiger partial charge in [0.1, 0.15) is 0 Å². The van der Waals surface area contributed by atoms with Gasteiger partial charge in [-0.25, -0.2) is 0 Å². The Kier molecular flexibility index (Phi) is 3.49. The van der Waals surface area contributed by atoms with E-state index in [-0.39, 0.29) is 11.5 Å². The van der Waals surface area contributed by atoms with Crippen LogP contribution in [0.2, 0.25) is 0 Å². The van der Waals surface area contributed by atoms with E-state index < -0.39 is 5.60 Å². The zero-order valence-electron chi connectivity index (χ0n) is 11.4. The fourth-order valence-corrected chi connectivity index (χ4v) is 3.06. The molecule has 0 aromatic heterocycles. The standard InChI is InChI=1S/C15H23NO2/c1-11(18-3)14(2,17)15(10-16)8-12-6-4-5-7-13(12)9-15/h4-7,11,17H,8-10,16H2,1-3H3. The number of rotatable bonds is 4. The maximum absolute atomic E-state index is 10.9. The van der Waals surface area contributed by atoms with E-state index in [9.17, 15) is 5.11 Å². The van der Waals surface area contributed by atoms with Crippen molar-refractivity contribution in [3.05, 3.63) is 35.4 Å². The largest absolute Gasteiger partial charge is 0.387 e. The van der Waals surface area contributed by atoms with Crippen molar-refractivity contribution in [2.45, 2.75) is 38.4 Å². The van der Waals surface area contributed by atoms with Crippen LogP contribution in [0.25, 0.3) is 0 Å². The Morgan fingerprint density at radius 2 is 1.89 bits per heavy atom. The highest BCUT2D eigenvalue weighted by Crippen LogP contribution is 2.46. The number of aliphatic hydroxyl groups is 1. The molecular formula is C15H23NO2. The highest BCUT2D eigenvalue weighted by atomic mass is 16.5. The second kappa shape index (κ2) is 4.65. The lowest BCUT2D eigenvalue weighted by Crippen LogP contribution is -2.58. The SMILES string of the molecule is COC(C)C(C)(O)C1(CN)Cc2ccccc2C1. The van der Waals surface area contributed by atoms with E-state index >= 15 is 0 Å². The number of methoxy groups -OCH3 is 1. The summed E-state index contributed by atoms with van der Waals surface area (Å²) in [5.74, 6) is 0. The maximum Gasteiger partial charge on any atom is 0.0951 e. The van der Waals surface area contributed by atoms with E-state index in [0.29, 0.717) is 6.54 Å². The summed E-state index contributed by atoms with van der Waals surface area (Å²) in [6.07, 6.45) is 1.40. The molecule has 100 valence electrons. The summed E-state index contributed by atoms with van der Waals surface area (Å²) < 4.78 is 5.35. The van der Waals surface area contributed by atoms with Gasteiger partial charge in [0, 0.05) is 19.1 Å². The van der Waals surface area contributed by atoms with Crippen LogP contribution in [0.3, 0.4) is 0 Å². The number of nitrogens with two attached hydrogens (primary N) is 1. The average Bonchev–Trinajstić information content (AvgIpc) is 2.77. The molecule has 1 aromatic carbocycles. The Morgan fingerprint density at radius 3 is 2.28 bits per heavy atom. The molecule has 3 heteroatoms. The van der Waals surface area contributed by atoms with Crippen LogP contribution in [-0.4, -0.2) is 30.5 Å². The first-order chi connectivity index (χ1) is 8.47. The smallest absolute Gasteiger partial charge is 0.0951 e. The third-order valence-corrected chi connectivity index (χ3v) is 4.79. The number of ether oxygens (including phenoxy) is 1. The van der Waals surface area contributed by atoms with Gasteiger partial charge in [0.05, 0.1) is 11.7 Å². The molecule has 1 aliphatic rings. The summed E-state index contributed by atoms with van der Waals surface area (Å²) in [7, 11) is 1.63. The number of hydrogen-bond donors (Lipinski definition) is 2. The lowest BCUT2D eigenvalue weighted by molar-refractivity contribution is -0.146. The van der Waals surface area contributed by atoms with Crippen LogP contribution < -0.4 is 5.73 Å². The molecule has 0 aliphatic heterocycles. The van der Waals surface area contributed by atoms with Gasteiger partial charge in [0.2, 0.25) is 0 Å². The third kappa shape index (κ3) is 1.87. The van der Waals surface area contributed by atoms with E-state index in [1.54, 1.807) is 7.11 Å². The van der Waals surface area contributed by atoms with E-state index in [1.165, 1.54) is 11.1 Å². The third-order valence-electron chi connectivity index (χ3n) is 4.79. The number of benzene rings is 1. The first-order valence-corrected chi connectivity index (χ1v) is 6.49. The Morgan fingerprint density at radius 1 is 1.39 bits per heavy atom. The van der Waals surface area contributed by atoms with E-state index in [4.69, 9.17) is 10.5 Å². The normalized spacial score (nSPS) is 22.3. The first-order valence-electron chi connectivity index (χ1n) is 6.49. The van der Waals surface area contributed by atoms with Gasteiger partial charge in [0.25, 0.3) is 0 Å². The van der Waals surface area contributed by atoms with Crippen molar-refractivity contribution in [2.24, 2.45) is 11.1 Å². The van der Waals surface area contributed by atoms with Crippen molar-refractivity contribution in [1.29, 1.82) is 0 Å². The average molecular weight is 249 g/mol. The minimum atomic E-state index is -0.935. The van der Waals surface area contributed by atoms with Crippen LogP contribution in [0, 0.1) is 5.41 Å². The fourth-order valence-electron chi connectivity index (χ4n) is 3.06. The molecule has 2 atom stereocenters.